The number of anilines is 1. The summed E-state index contributed by atoms with van der Waals surface area (Å²) < 4.78 is 5.74. The normalized spacial score (nSPS) is 10.6. The summed E-state index contributed by atoms with van der Waals surface area (Å²) in [6, 6.07) is 14.4. The molecule has 1 heterocycles. The first-order valence-corrected chi connectivity index (χ1v) is 10.1. The maximum absolute atomic E-state index is 12.8. The third-order valence-electron chi connectivity index (χ3n) is 4.37. The van der Waals surface area contributed by atoms with Crippen molar-refractivity contribution in [3.8, 4) is 11.5 Å². The monoisotopic (exact) mass is 426 g/mol. The minimum Gasteiger partial charge on any atom is -0.419 e. The van der Waals surface area contributed by atoms with Gasteiger partial charge in [-0.1, -0.05) is 42.8 Å². The van der Waals surface area contributed by atoms with Gasteiger partial charge in [-0.05, 0) is 36.2 Å². The number of carbonyl (C=O) groups excluding carboxylic acids is 2. The van der Waals surface area contributed by atoms with E-state index in [4.69, 9.17) is 16.0 Å². The van der Waals surface area contributed by atoms with Gasteiger partial charge < -0.3 is 14.6 Å². The first-order valence-electron chi connectivity index (χ1n) is 9.68. The Kier molecular flexibility index (Phi) is 7.19. The molecule has 8 heteroatoms. The van der Waals surface area contributed by atoms with E-state index in [1.165, 1.54) is 6.92 Å². The molecule has 0 aliphatic rings. The van der Waals surface area contributed by atoms with Gasteiger partial charge in [-0.15, -0.1) is 10.2 Å². The Morgan fingerprint density at radius 2 is 1.83 bits per heavy atom. The summed E-state index contributed by atoms with van der Waals surface area (Å²) in [5.41, 5.74) is 2.21. The van der Waals surface area contributed by atoms with Crippen LogP contribution in [0, 0.1) is 0 Å². The number of rotatable bonds is 8. The molecule has 2 aromatic carbocycles. The van der Waals surface area contributed by atoms with Crippen LogP contribution in [0.4, 0.5) is 5.69 Å². The molecule has 3 rings (SSSR count). The summed E-state index contributed by atoms with van der Waals surface area (Å²) in [4.78, 5) is 25.7. The number of hydrogen-bond donors (Lipinski definition) is 1. The Labute approximate surface area is 180 Å². The van der Waals surface area contributed by atoms with E-state index in [0.29, 0.717) is 34.6 Å². The zero-order valence-electron chi connectivity index (χ0n) is 16.9. The van der Waals surface area contributed by atoms with E-state index in [1.54, 1.807) is 29.2 Å². The number of amides is 2. The SMILES string of the molecule is CCCN(Cc1nnc(-c2ccccc2Cl)o1)C(=O)Cc1ccc(NC(C)=O)cc1. The predicted octanol–water partition coefficient (Wildman–Crippen LogP) is 4.33. The van der Waals surface area contributed by atoms with Gasteiger partial charge in [-0.2, -0.15) is 0 Å². The van der Waals surface area contributed by atoms with E-state index in [2.05, 4.69) is 15.5 Å². The van der Waals surface area contributed by atoms with E-state index >= 15 is 0 Å². The summed E-state index contributed by atoms with van der Waals surface area (Å²) in [5.74, 6) is 0.506. The van der Waals surface area contributed by atoms with Gasteiger partial charge in [-0.3, -0.25) is 9.59 Å². The predicted molar refractivity (Wildman–Crippen MR) is 115 cm³/mol. The lowest BCUT2D eigenvalue weighted by molar-refractivity contribution is -0.131. The second-order valence-corrected chi connectivity index (χ2v) is 7.26. The van der Waals surface area contributed by atoms with Crippen LogP contribution >= 0.6 is 11.6 Å². The Morgan fingerprint density at radius 3 is 2.50 bits per heavy atom. The Bertz CT molecular complexity index is 1020. The van der Waals surface area contributed by atoms with Crippen molar-refractivity contribution in [3.05, 3.63) is 65.0 Å². The Balaban J connectivity index is 1.67. The molecular formula is C22H23ClN4O3. The molecule has 1 aromatic heterocycles. The minimum atomic E-state index is -0.135. The maximum atomic E-state index is 12.8. The first kappa shape index (κ1) is 21.5. The fourth-order valence-electron chi connectivity index (χ4n) is 2.98. The smallest absolute Gasteiger partial charge is 0.249 e. The fraction of sp³-hybridized carbons (Fsp3) is 0.273. The Morgan fingerprint density at radius 1 is 1.10 bits per heavy atom. The topological polar surface area (TPSA) is 88.3 Å². The first-order chi connectivity index (χ1) is 14.5. The molecule has 0 radical (unpaired) electrons. The van der Waals surface area contributed by atoms with Gasteiger partial charge in [0.25, 0.3) is 0 Å². The van der Waals surface area contributed by atoms with Crippen molar-refractivity contribution in [2.45, 2.75) is 33.2 Å². The van der Waals surface area contributed by atoms with Crippen LogP contribution in [-0.2, 0) is 22.6 Å². The molecule has 0 saturated carbocycles. The quantitative estimate of drug-likeness (QED) is 0.579. The van der Waals surface area contributed by atoms with Crippen molar-refractivity contribution in [3.63, 3.8) is 0 Å². The number of hydrogen-bond acceptors (Lipinski definition) is 5. The van der Waals surface area contributed by atoms with Gasteiger partial charge in [0.2, 0.25) is 23.6 Å². The van der Waals surface area contributed by atoms with E-state index in [9.17, 15) is 9.59 Å². The second kappa shape index (κ2) is 10.0. The van der Waals surface area contributed by atoms with Crippen molar-refractivity contribution in [2.24, 2.45) is 0 Å². The molecule has 0 spiro atoms. The van der Waals surface area contributed by atoms with Crippen LogP contribution < -0.4 is 5.32 Å². The highest BCUT2D eigenvalue weighted by molar-refractivity contribution is 6.33. The van der Waals surface area contributed by atoms with Gasteiger partial charge in [0.05, 0.1) is 23.6 Å². The lowest BCUT2D eigenvalue weighted by Crippen LogP contribution is -2.32. The molecule has 1 N–H and O–H groups in total. The van der Waals surface area contributed by atoms with Gasteiger partial charge in [0, 0.05) is 19.2 Å². The number of benzene rings is 2. The lowest BCUT2D eigenvalue weighted by Gasteiger charge is -2.20. The minimum absolute atomic E-state index is 0.0402. The van der Waals surface area contributed by atoms with Crippen molar-refractivity contribution in [1.82, 2.24) is 15.1 Å². The summed E-state index contributed by atoms with van der Waals surface area (Å²) in [6.07, 6.45) is 1.05. The Hall–Kier alpha value is -3.19. The highest BCUT2D eigenvalue weighted by atomic mass is 35.5. The van der Waals surface area contributed by atoms with Gasteiger partial charge in [-0.25, -0.2) is 0 Å². The second-order valence-electron chi connectivity index (χ2n) is 6.85. The molecule has 0 atom stereocenters. The van der Waals surface area contributed by atoms with Crippen LogP contribution in [0.25, 0.3) is 11.5 Å². The lowest BCUT2D eigenvalue weighted by atomic mass is 10.1. The summed E-state index contributed by atoms with van der Waals surface area (Å²) in [7, 11) is 0. The molecule has 30 heavy (non-hydrogen) atoms. The van der Waals surface area contributed by atoms with Crippen LogP contribution in [-0.4, -0.2) is 33.5 Å². The van der Waals surface area contributed by atoms with Crippen LogP contribution in [0.5, 0.6) is 0 Å². The van der Waals surface area contributed by atoms with Crippen molar-refractivity contribution < 1.29 is 14.0 Å². The van der Waals surface area contributed by atoms with Crippen molar-refractivity contribution in [2.75, 3.05) is 11.9 Å². The van der Waals surface area contributed by atoms with Crippen molar-refractivity contribution in [1.29, 1.82) is 0 Å². The van der Waals surface area contributed by atoms with Crippen LogP contribution in [0.3, 0.4) is 0 Å². The molecule has 0 bridgehead atoms. The van der Waals surface area contributed by atoms with Gasteiger partial charge in [0.1, 0.15) is 0 Å². The van der Waals surface area contributed by atoms with E-state index in [-0.39, 0.29) is 24.8 Å². The van der Waals surface area contributed by atoms with Gasteiger partial charge in [0.15, 0.2) is 0 Å². The molecule has 0 aliphatic heterocycles. The third kappa shape index (κ3) is 5.67. The highest BCUT2D eigenvalue weighted by Crippen LogP contribution is 2.26. The molecule has 0 fully saturated rings. The van der Waals surface area contributed by atoms with Gasteiger partial charge >= 0.3 is 0 Å². The van der Waals surface area contributed by atoms with Crippen LogP contribution in [0.2, 0.25) is 5.02 Å². The van der Waals surface area contributed by atoms with Crippen LogP contribution in [0.15, 0.2) is 52.9 Å². The number of nitrogens with zero attached hydrogens (tertiary/aromatic N) is 3. The fourth-order valence-corrected chi connectivity index (χ4v) is 3.20. The summed E-state index contributed by atoms with van der Waals surface area (Å²) >= 11 is 6.19. The molecule has 3 aromatic rings. The van der Waals surface area contributed by atoms with E-state index < -0.39 is 0 Å². The molecule has 7 nitrogen and oxygen atoms in total. The number of nitrogens with one attached hydrogen (secondary N) is 1. The molecule has 2 amide bonds. The average Bonchev–Trinajstić information content (AvgIpc) is 3.17. The van der Waals surface area contributed by atoms with Crippen LogP contribution in [0.1, 0.15) is 31.7 Å². The molecule has 0 unspecified atom stereocenters. The highest BCUT2D eigenvalue weighted by Gasteiger charge is 2.18. The standard InChI is InChI=1S/C22H23ClN4O3/c1-3-12-27(21(29)13-16-8-10-17(11-9-16)24-15(2)28)14-20-25-26-22(30-20)18-6-4-5-7-19(18)23/h4-11H,3,12-14H2,1-2H3,(H,24,28). The summed E-state index contributed by atoms with van der Waals surface area (Å²) in [5, 5.41) is 11.4. The van der Waals surface area contributed by atoms with E-state index in [1.807, 2.05) is 31.2 Å². The molecular weight excluding hydrogens is 404 g/mol. The van der Waals surface area contributed by atoms with E-state index in [0.717, 1.165) is 12.0 Å². The number of aromatic nitrogens is 2. The average molecular weight is 427 g/mol. The van der Waals surface area contributed by atoms with Crippen molar-refractivity contribution >= 4 is 29.1 Å². The molecule has 0 aliphatic carbocycles. The maximum Gasteiger partial charge on any atom is 0.249 e. The zero-order valence-corrected chi connectivity index (χ0v) is 17.6. The third-order valence-corrected chi connectivity index (χ3v) is 4.70. The zero-order chi connectivity index (χ0) is 21.5. The number of carbonyl (C=O) groups is 2. The summed E-state index contributed by atoms with van der Waals surface area (Å²) in [6.45, 7) is 4.26. The molecule has 0 saturated heterocycles. The molecule has 156 valence electrons. The number of halogens is 1. The largest absolute Gasteiger partial charge is 0.419 e.